The van der Waals surface area contributed by atoms with Gasteiger partial charge in [-0.1, -0.05) is 0 Å². The van der Waals surface area contributed by atoms with Crippen molar-refractivity contribution in [2.45, 2.75) is 25.3 Å². The van der Waals surface area contributed by atoms with E-state index in [1.54, 1.807) is 6.20 Å². The zero-order valence-electron chi connectivity index (χ0n) is 8.40. The van der Waals surface area contributed by atoms with Crippen LogP contribution < -0.4 is 5.32 Å². The molecule has 1 saturated carbocycles. The van der Waals surface area contributed by atoms with Gasteiger partial charge in [-0.05, 0) is 12.8 Å². The number of rotatable bonds is 4. The van der Waals surface area contributed by atoms with Gasteiger partial charge in [-0.3, -0.25) is 0 Å². The van der Waals surface area contributed by atoms with Crippen molar-refractivity contribution in [2.24, 2.45) is 0 Å². The number of fused-ring (bicyclic) bond motifs is 1. The lowest BCUT2D eigenvalue weighted by Crippen LogP contribution is -2.19. The summed E-state index contributed by atoms with van der Waals surface area (Å²) in [5, 5.41) is 3.45. The second-order valence-electron chi connectivity index (χ2n) is 3.92. The summed E-state index contributed by atoms with van der Waals surface area (Å²) < 4.78 is 0. The average molecular weight is 203 g/mol. The third kappa shape index (κ3) is 1.97. The molecule has 0 saturated heterocycles. The van der Waals surface area contributed by atoms with Gasteiger partial charge in [0.15, 0.2) is 5.65 Å². The second-order valence-corrected chi connectivity index (χ2v) is 3.92. The molecule has 0 amide bonds. The molecule has 5 nitrogen and oxygen atoms in total. The molecule has 15 heavy (non-hydrogen) atoms. The zero-order chi connectivity index (χ0) is 10.1. The summed E-state index contributed by atoms with van der Waals surface area (Å²) in [6.07, 6.45) is 6.85. The largest absolute Gasteiger partial charge is 0.339 e. The van der Waals surface area contributed by atoms with Crippen LogP contribution in [0.2, 0.25) is 0 Å². The molecule has 0 aromatic carbocycles. The van der Waals surface area contributed by atoms with Crippen LogP contribution >= 0.6 is 0 Å². The quantitative estimate of drug-likeness (QED) is 0.765. The highest BCUT2D eigenvalue weighted by Crippen LogP contribution is 2.18. The van der Waals surface area contributed by atoms with Crippen molar-refractivity contribution in [1.29, 1.82) is 0 Å². The molecule has 2 aromatic rings. The first-order chi connectivity index (χ1) is 7.42. The van der Waals surface area contributed by atoms with Gasteiger partial charge < -0.3 is 10.3 Å². The minimum atomic E-state index is 0.756. The number of nitrogens with zero attached hydrogens (tertiary/aromatic N) is 3. The van der Waals surface area contributed by atoms with Gasteiger partial charge in [0.25, 0.3) is 0 Å². The minimum Gasteiger partial charge on any atom is -0.339 e. The number of hydrogen-bond acceptors (Lipinski definition) is 4. The Bertz CT molecular complexity index is 427. The highest BCUT2D eigenvalue weighted by molar-refractivity contribution is 5.68. The summed E-state index contributed by atoms with van der Waals surface area (Å²) in [6, 6.07) is 0.758. The number of H-pyrrole nitrogens is 1. The van der Waals surface area contributed by atoms with Crippen LogP contribution in [0, 0.1) is 0 Å². The fraction of sp³-hybridized carbons (Fsp3) is 0.500. The Kier molecular flexibility index (Phi) is 2.10. The van der Waals surface area contributed by atoms with E-state index in [2.05, 4.69) is 25.3 Å². The second kappa shape index (κ2) is 3.58. The maximum atomic E-state index is 4.38. The van der Waals surface area contributed by atoms with Crippen molar-refractivity contribution in [1.82, 2.24) is 25.3 Å². The highest BCUT2D eigenvalue weighted by atomic mass is 15.0. The maximum Gasteiger partial charge on any atom is 0.180 e. The Morgan fingerprint density at radius 3 is 3.20 bits per heavy atom. The van der Waals surface area contributed by atoms with E-state index in [4.69, 9.17) is 0 Å². The first kappa shape index (κ1) is 8.79. The van der Waals surface area contributed by atoms with Crippen LogP contribution in [0.25, 0.3) is 11.2 Å². The van der Waals surface area contributed by atoms with Crippen molar-refractivity contribution in [3.8, 4) is 0 Å². The lowest BCUT2D eigenvalue weighted by Gasteiger charge is -1.98. The predicted molar refractivity (Wildman–Crippen MR) is 56.4 cm³/mol. The van der Waals surface area contributed by atoms with Crippen molar-refractivity contribution in [2.75, 3.05) is 6.54 Å². The first-order valence-electron chi connectivity index (χ1n) is 5.30. The van der Waals surface area contributed by atoms with Crippen LogP contribution in [0.1, 0.15) is 18.7 Å². The summed E-state index contributed by atoms with van der Waals surface area (Å²) in [7, 11) is 0. The molecule has 2 N–H and O–H groups in total. The summed E-state index contributed by atoms with van der Waals surface area (Å²) >= 11 is 0. The van der Waals surface area contributed by atoms with Gasteiger partial charge >= 0.3 is 0 Å². The van der Waals surface area contributed by atoms with E-state index in [1.165, 1.54) is 19.2 Å². The Morgan fingerprint density at radius 2 is 2.40 bits per heavy atom. The zero-order valence-corrected chi connectivity index (χ0v) is 8.40. The summed E-state index contributed by atoms with van der Waals surface area (Å²) in [5.74, 6) is 0.985. The maximum absolute atomic E-state index is 4.38. The van der Waals surface area contributed by atoms with E-state index >= 15 is 0 Å². The molecule has 0 aliphatic heterocycles. The standard InChI is InChI=1S/C10H13N5/c1-2-7(1)12-4-3-9-14-8-5-11-6-13-10(8)15-9/h5-7,12H,1-4H2,(H,11,13,14,15). The van der Waals surface area contributed by atoms with Gasteiger partial charge in [0.05, 0.1) is 6.20 Å². The molecule has 3 rings (SSSR count). The minimum absolute atomic E-state index is 0.756. The van der Waals surface area contributed by atoms with Gasteiger partial charge in [-0.15, -0.1) is 0 Å². The van der Waals surface area contributed by atoms with Gasteiger partial charge in [0, 0.05) is 19.0 Å². The van der Waals surface area contributed by atoms with E-state index in [0.717, 1.165) is 36.0 Å². The molecule has 0 unspecified atom stereocenters. The SMILES string of the molecule is c1ncc2[nH]c(CCNC3CC3)nc2n1. The van der Waals surface area contributed by atoms with E-state index in [1.807, 2.05) is 0 Å². The molecule has 0 bridgehead atoms. The highest BCUT2D eigenvalue weighted by Gasteiger charge is 2.19. The van der Waals surface area contributed by atoms with Crippen LogP contribution in [-0.2, 0) is 6.42 Å². The number of imidazole rings is 1. The Balaban J connectivity index is 1.68. The normalized spacial score (nSPS) is 16.0. The Hall–Kier alpha value is -1.49. The molecule has 0 spiro atoms. The molecule has 2 aromatic heterocycles. The molecule has 0 radical (unpaired) electrons. The lowest BCUT2D eigenvalue weighted by atomic mass is 10.4. The number of nitrogens with one attached hydrogen (secondary N) is 2. The predicted octanol–water partition coefficient (Wildman–Crippen LogP) is 0.647. The summed E-state index contributed by atoms with van der Waals surface area (Å²) in [5.41, 5.74) is 1.67. The van der Waals surface area contributed by atoms with Crippen molar-refractivity contribution in [3.05, 3.63) is 18.3 Å². The van der Waals surface area contributed by atoms with Crippen LogP contribution in [-0.4, -0.2) is 32.5 Å². The number of aromatic nitrogens is 4. The van der Waals surface area contributed by atoms with E-state index < -0.39 is 0 Å². The van der Waals surface area contributed by atoms with Crippen LogP contribution in [0.4, 0.5) is 0 Å². The van der Waals surface area contributed by atoms with Crippen molar-refractivity contribution >= 4 is 11.2 Å². The van der Waals surface area contributed by atoms with Crippen molar-refractivity contribution < 1.29 is 0 Å². The van der Waals surface area contributed by atoms with Gasteiger partial charge in [0.1, 0.15) is 17.7 Å². The number of aromatic amines is 1. The molecular weight excluding hydrogens is 190 g/mol. The monoisotopic (exact) mass is 203 g/mol. The fourth-order valence-electron chi connectivity index (χ4n) is 1.61. The molecule has 78 valence electrons. The third-order valence-corrected chi connectivity index (χ3v) is 2.58. The molecule has 1 aliphatic rings. The third-order valence-electron chi connectivity index (χ3n) is 2.58. The fourth-order valence-corrected chi connectivity index (χ4v) is 1.61. The van der Waals surface area contributed by atoms with E-state index in [9.17, 15) is 0 Å². The van der Waals surface area contributed by atoms with Crippen LogP contribution in [0.5, 0.6) is 0 Å². The van der Waals surface area contributed by atoms with E-state index in [0.29, 0.717) is 0 Å². The van der Waals surface area contributed by atoms with Crippen LogP contribution in [0.15, 0.2) is 12.5 Å². The van der Waals surface area contributed by atoms with Gasteiger partial charge in [-0.25, -0.2) is 15.0 Å². The lowest BCUT2D eigenvalue weighted by molar-refractivity contribution is 0.670. The number of hydrogen-bond donors (Lipinski definition) is 2. The Morgan fingerprint density at radius 1 is 1.47 bits per heavy atom. The molecular formula is C10H13N5. The average Bonchev–Trinajstić information content (AvgIpc) is 2.97. The van der Waals surface area contributed by atoms with Gasteiger partial charge in [-0.2, -0.15) is 0 Å². The molecule has 1 aliphatic carbocycles. The molecule has 2 heterocycles. The molecule has 1 fully saturated rings. The Labute approximate surface area is 87.3 Å². The topological polar surface area (TPSA) is 66.5 Å². The summed E-state index contributed by atoms with van der Waals surface area (Å²) in [4.78, 5) is 15.6. The van der Waals surface area contributed by atoms with E-state index in [-0.39, 0.29) is 0 Å². The van der Waals surface area contributed by atoms with Crippen LogP contribution in [0.3, 0.4) is 0 Å². The van der Waals surface area contributed by atoms with Crippen molar-refractivity contribution in [3.63, 3.8) is 0 Å². The first-order valence-corrected chi connectivity index (χ1v) is 5.30. The molecule has 0 atom stereocenters. The molecule has 5 heteroatoms. The van der Waals surface area contributed by atoms with Gasteiger partial charge in [0.2, 0.25) is 0 Å². The smallest absolute Gasteiger partial charge is 0.180 e. The summed E-state index contributed by atoms with van der Waals surface area (Å²) in [6.45, 7) is 0.984.